The molecule has 0 aromatic rings. The molecule has 0 aliphatic heterocycles. The van der Waals surface area contributed by atoms with Crippen LogP contribution in [0, 0.1) is 11.8 Å². The minimum Gasteiger partial charge on any atom is -0.344 e. The summed E-state index contributed by atoms with van der Waals surface area (Å²) in [4.78, 5) is 25.7. The van der Waals surface area contributed by atoms with Crippen molar-refractivity contribution in [2.45, 2.75) is 65.0 Å². The number of nitrogens with two attached hydrogens (primary N) is 1. The van der Waals surface area contributed by atoms with Crippen molar-refractivity contribution < 1.29 is 9.59 Å². The highest BCUT2D eigenvalue weighted by atomic mass is 35.5. The normalized spacial score (nSPS) is 17.7. The highest BCUT2D eigenvalue weighted by Gasteiger charge is 2.33. The third-order valence-electron chi connectivity index (χ3n) is 4.53. The van der Waals surface area contributed by atoms with Gasteiger partial charge in [0.25, 0.3) is 0 Å². The smallest absolute Gasteiger partial charge is 0.245 e. The van der Waals surface area contributed by atoms with Crippen LogP contribution in [0.3, 0.4) is 0 Å². The zero-order valence-electron chi connectivity index (χ0n) is 14.3. The summed E-state index contributed by atoms with van der Waals surface area (Å²) in [6, 6.07) is -0.267. The molecule has 1 saturated carbocycles. The number of nitrogens with zero attached hydrogens (tertiary/aromatic N) is 1. The zero-order chi connectivity index (χ0) is 16.0. The van der Waals surface area contributed by atoms with Crippen LogP contribution in [0.2, 0.25) is 0 Å². The molecular weight excluding hydrogens is 302 g/mol. The molecule has 1 aliphatic carbocycles. The van der Waals surface area contributed by atoms with Gasteiger partial charge in [-0.2, -0.15) is 0 Å². The predicted octanol–water partition coefficient (Wildman–Crippen LogP) is 1.93. The Labute approximate surface area is 140 Å². The third-order valence-corrected chi connectivity index (χ3v) is 4.53. The van der Waals surface area contributed by atoms with Gasteiger partial charge in [-0.1, -0.05) is 26.7 Å². The van der Waals surface area contributed by atoms with Gasteiger partial charge in [0.1, 0.15) is 6.04 Å². The summed E-state index contributed by atoms with van der Waals surface area (Å²) in [7, 11) is 1.80. The number of amides is 2. The van der Waals surface area contributed by atoms with Gasteiger partial charge in [0.05, 0.1) is 0 Å². The average molecular weight is 334 g/mol. The van der Waals surface area contributed by atoms with Gasteiger partial charge in [0.2, 0.25) is 11.8 Å². The summed E-state index contributed by atoms with van der Waals surface area (Å²) >= 11 is 0. The highest BCUT2D eigenvalue weighted by Crippen LogP contribution is 2.28. The lowest BCUT2D eigenvalue weighted by Gasteiger charge is -2.29. The predicted molar refractivity (Wildman–Crippen MR) is 91.9 cm³/mol. The number of carbonyl (C=O) groups excluding carboxylic acids is 2. The van der Waals surface area contributed by atoms with Crippen LogP contribution >= 0.6 is 12.4 Å². The molecule has 0 spiro atoms. The molecule has 1 rings (SSSR count). The molecule has 5 nitrogen and oxygen atoms in total. The van der Waals surface area contributed by atoms with Gasteiger partial charge in [-0.15, -0.1) is 12.4 Å². The van der Waals surface area contributed by atoms with Crippen LogP contribution in [0.25, 0.3) is 0 Å². The van der Waals surface area contributed by atoms with E-state index >= 15 is 0 Å². The highest BCUT2D eigenvalue weighted by molar-refractivity contribution is 5.87. The Morgan fingerprint density at radius 3 is 2.27 bits per heavy atom. The minimum atomic E-state index is -0.370. The van der Waals surface area contributed by atoms with E-state index in [0.29, 0.717) is 12.5 Å². The second-order valence-corrected chi connectivity index (χ2v) is 6.68. The van der Waals surface area contributed by atoms with Crippen LogP contribution in [0.4, 0.5) is 0 Å². The van der Waals surface area contributed by atoms with E-state index in [2.05, 4.69) is 19.2 Å². The van der Waals surface area contributed by atoms with Crippen LogP contribution in [0.5, 0.6) is 0 Å². The van der Waals surface area contributed by atoms with Gasteiger partial charge in [-0.25, -0.2) is 0 Å². The van der Waals surface area contributed by atoms with E-state index in [1.807, 2.05) is 0 Å². The molecule has 2 amide bonds. The van der Waals surface area contributed by atoms with E-state index in [9.17, 15) is 9.59 Å². The molecule has 2 atom stereocenters. The first-order valence-corrected chi connectivity index (χ1v) is 8.10. The number of hydrogen-bond acceptors (Lipinski definition) is 3. The van der Waals surface area contributed by atoms with Gasteiger partial charge < -0.3 is 16.0 Å². The number of carbonyl (C=O) groups is 2. The molecule has 0 aromatic carbocycles. The lowest BCUT2D eigenvalue weighted by molar-refractivity contribution is -0.136. The summed E-state index contributed by atoms with van der Waals surface area (Å²) in [5, 5.41) is 2.85. The maximum atomic E-state index is 12.6. The quantitative estimate of drug-likeness (QED) is 0.747. The summed E-state index contributed by atoms with van der Waals surface area (Å²) < 4.78 is 0. The SMILES string of the molecule is CC(=O)NC(C(=O)N(C)CCC(N)C(C)C)C1CCCC1.Cl. The summed E-state index contributed by atoms with van der Waals surface area (Å²) in [5.41, 5.74) is 6.04. The molecular formula is C16H32ClN3O2. The maximum Gasteiger partial charge on any atom is 0.245 e. The van der Waals surface area contributed by atoms with E-state index in [-0.39, 0.29) is 42.2 Å². The standard InChI is InChI=1S/C16H31N3O2.ClH/c1-11(2)14(17)9-10-19(4)16(21)15(18-12(3)20)13-7-5-6-8-13;/h11,13-15H,5-10,17H2,1-4H3,(H,18,20);1H. The number of hydrogen-bond donors (Lipinski definition) is 2. The van der Waals surface area contributed by atoms with Crippen LogP contribution < -0.4 is 11.1 Å². The van der Waals surface area contributed by atoms with Crippen LogP contribution in [0.1, 0.15) is 52.9 Å². The van der Waals surface area contributed by atoms with Crippen molar-refractivity contribution in [2.75, 3.05) is 13.6 Å². The Morgan fingerprint density at radius 2 is 1.82 bits per heavy atom. The van der Waals surface area contributed by atoms with Crippen molar-refractivity contribution >= 4 is 24.2 Å². The maximum absolute atomic E-state index is 12.6. The van der Waals surface area contributed by atoms with Gasteiger partial charge in [0, 0.05) is 26.6 Å². The fourth-order valence-corrected chi connectivity index (χ4v) is 2.91. The first-order chi connectivity index (χ1) is 9.82. The van der Waals surface area contributed by atoms with Crippen molar-refractivity contribution in [2.24, 2.45) is 17.6 Å². The summed E-state index contributed by atoms with van der Waals surface area (Å²) in [6.07, 6.45) is 5.13. The van der Waals surface area contributed by atoms with Crippen LogP contribution in [-0.2, 0) is 9.59 Å². The third kappa shape index (κ3) is 6.53. The Bertz CT molecular complexity index is 357. The van der Waals surface area contributed by atoms with Crippen molar-refractivity contribution in [1.29, 1.82) is 0 Å². The Hall–Kier alpha value is -0.810. The molecule has 0 saturated heterocycles. The molecule has 0 radical (unpaired) electrons. The van der Waals surface area contributed by atoms with Gasteiger partial charge in [0.15, 0.2) is 0 Å². The van der Waals surface area contributed by atoms with Crippen molar-refractivity contribution in [1.82, 2.24) is 10.2 Å². The number of halogens is 1. The van der Waals surface area contributed by atoms with Crippen molar-refractivity contribution in [3.8, 4) is 0 Å². The molecule has 2 unspecified atom stereocenters. The average Bonchev–Trinajstić information content (AvgIpc) is 2.94. The molecule has 3 N–H and O–H groups in total. The number of rotatable bonds is 7. The largest absolute Gasteiger partial charge is 0.344 e. The van der Waals surface area contributed by atoms with Crippen molar-refractivity contribution in [3.05, 3.63) is 0 Å². The summed E-state index contributed by atoms with van der Waals surface area (Å²) in [6.45, 7) is 6.29. The van der Waals surface area contributed by atoms with Gasteiger partial charge in [-0.3, -0.25) is 9.59 Å². The number of likely N-dealkylation sites (N-methyl/N-ethyl adjacent to an activating group) is 1. The molecule has 6 heteroatoms. The van der Waals surface area contributed by atoms with E-state index < -0.39 is 0 Å². The van der Waals surface area contributed by atoms with Crippen LogP contribution in [-0.4, -0.2) is 42.4 Å². The Kier molecular flexibility index (Phi) is 9.69. The lowest BCUT2D eigenvalue weighted by Crippen LogP contribution is -2.51. The van der Waals surface area contributed by atoms with E-state index in [1.165, 1.54) is 6.92 Å². The Balaban J connectivity index is 0.00000441. The van der Waals surface area contributed by atoms with E-state index in [4.69, 9.17) is 5.73 Å². The molecule has 0 aromatic heterocycles. The van der Waals surface area contributed by atoms with Gasteiger partial charge in [-0.05, 0) is 31.1 Å². The second-order valence-electron chi connectivity index (χ2n) is 6.68. The number of nitrogens with one attached hydrogen (secondary N) is 1. The molecule has 0 bridgehead atoms. The fourth-order valence-electron chi connectivity index (χ4n) is 2.91. The summed E-state index contributed by atoms with van der Waals surface area (Å²) in [5.74, 6) is 0.581. The molecule has 1 aliphatic rings. The van der Waals surface area contributed by atoms with E-state index in [0.717, 1.165) is 32.1 Å². The van der Waals surface area contributed by atoms with Gasteiger partial charge >= 0.3 is 0 Å². The molecule has 0 heterocycles. The minimum absolute atomic E-state index is 0. The van der Waals surface area contributed by atoms with Crippen molar-refractivity contribution in [3.63, 3.8) is 0 Å². The zero-order valence-corrected chi connectivity index (χ0v) is 15.1. The monoisotopic (exact) mass is 333 g/mol. The topological polar surface area (TPSA) is 75.4 Å². The molecule has 22 heavy (non-hydrogen) atoms. The molecule has 130 valence electrons. The van der Waals surface area contributed by atoms with Crippen LogP contribution in [0.15, 0.2) is 0 Å². The fraction of sp³-hybridized carbons (Fsp3) is 0.875. The first kappa shape index (κ1) is 21.2. The molecule has 1 fully saturated rings. The van der Waals surface area contributed by atoms with E-state index in [1.54, 1.807) is 11.9 Å². The lowest BCUT2D eigenvalue weighted by atomic mass is 9.96. The Morgan fingerprint density at radius 1 is 1.27 bits per heavy atom. The second kappa shape index (κ2) is 10.1. The first-order valence-electron chi connectivity index (χ1n) is 8.10.